The van der Waals surface area contributed by atoms with E-state index < -0.39 is 18.0 Å². The van der Waals surface area contributed by atoms with Crippen LogP contribution in [0, 0.1) is 5.82 Å². The molecule has 8 nitrogen and oxygen atoms in total. The van der Waals surface area contributed by atoms with Crippen molar-refractivity contribution in [3.8, 4) is 5.75 Å². The van der Waals surface area contributed by atoms with Crippen LogP contribution in [0.1, 0.15) is 18.5 Å². The second kappa shape index (κ2) is 10.6. The summed E-state index contributed by atoms with van der Waals surface area (Å²) in [7, 11) is 1.65. The Morgan fingerprint density at radius 3 is 2.35 bits per heavy atom. The number of piperazine rings is 1. The maximum absolute atomic E-state index is 13.5. The minimum Gasteiger partial charge on any atom is -0.497 e. The zero-order valence-electron chi connectivity index (χ0n) is 19.3. The van der Waals surface area contributed by atoms with Crippen molar-refractivity contribution in [3.05, 3.63) is 71.2 Å². The molecular weight excluding hydrogens is 439 g/mol. The zero-order chi connectivity index (χ0) is 24.1. The van der Waals surface area contributed by atoms with E-state index in [1.165, 1.54) is 12.1 Å². The number of hydrogen-bond acceptors (Lipinski definition) is 6. The number of nitrogens with zero attached hydrogens (tertiary/aromatic N) is 2. The number of halogens is 1. The molecule has 180 valence electrons. The molecule has 2 aromatic carbocycles. The lowest BCUT2D eigenvalue weighted by molar-refractivity contribution is -0.139. The van der Waals surface area contributed by atoms with Crippen LogP contribution in [0.2, 0.25) is 0 Å². The molecular formula is C25H29FN4O4. The fourth-order valence-electron chi connectivity index (χ4n) is 4.28. The van der Waals surface area contributed by atoms with Crippen molar-refractivity contribution < 1.29 is 23.5 Å². The van der Waals surface area contributed by atoms with E-state index in [4.69, 9.17) is 9.47 Å². The van der Waals surface area contributed by atoms with Crippen molar-refractivity contribution in [1.29, 1.82) is 0 Å². The number of carbonyl (C=O) groups excluding carboxylic acids is 2. The molecule has 1 atom stereocenters. The third-order valence-corrected chi connectivity index (χ3v) is 6.04. The van der Waals surface area contributed by atoms with Gasteiger partial charge in [0.1, 0.15) is 11.6 Å². The van der Waals surface area contributed by atoms with Gasteiger partial charge in [-0.25, -0.2) is 14.0 Å². The molecule has 0 aromatic heterocycles. The summed E-state index contributed by atoms with van der Waals surface area (Å²) < 4.78 is 24.0. The van der Waals surface area contributed by atoms with Crippen molar-refractivity contribution in [2.75, 3.05) is 51.3 Å². The smallest absolute Gasteiger partial charge is 0.338 e. The van der Waals surface area contributed by atoms with Gasteiger partial charge in [-0.05, 0) is 48.9 Å². The lowest BCUT2D eigenvalue weighted by Crippen LogP contribution is -2.51. The fourth-order valence-corrected chi connectivity index (χ4v) is 4.28. The molecule has 0 aliphatic carbocycles. The van der Waals surface area contributed by atoms with E-state index in [9.17, 15) is 14.0 Å². The number of anilines is 1. The predicted molar refractivity (Wildman–Crippen MR) is 126 cm³/mol. The highest BCUT2D eigenvalue weighted by Gasteiger charge is 2.34. The van der Waals surface area contributed by atoms with E-state index in [1.54, 1.807) is 26.2 Å². The first-order chi connectivity index (χ1) is 16.5. The third-order valence-electron chi connectivity index (χ3n) is 6.04. The van der Waals surface area contributed by atoms with Gasteiger partial charge in [-0.3, -0.25) is 4.90 Å². The number of hydrogen-bond donors (Lipinski definition) is 2. The summed E-state index contributed by atoms with van der Waals surface area (Å²) in [5, 5.41) is 5.58. The summed E-state index contributed by atoms with van der Waals surface area (Å²) in [5.41, 5.74) is 2.58. The summed E-state index contributed by atoms with van der Waals surface area (Å²) in [6, 6.07) is 12.6. The number of esters is 1. The van der Waals surface area contributed by atoms with Gasteiger partial charge in [-0.2, -0.15) is 0 Å². The largest absolute Gasteiger partial charge is 0.497 e. The van der Waals surface area contributed by atoms with Gasteiger partial charge in [-0.15, -0.1) is 0 Å². The van der Waals surface area contributed by atoms with E-state index in [1.807, 2.05) is 24.3 Å². The Morgan fingerprint density at radius 1 is 1.06 bits per heavy atom. The molecule has 2 N–H and O–H groups in total. The predicted octanol–water partition coefficient (Wildman–Crippen LogP) is 2.83. The van der Waals surface area contributed by atoms with Crippen molar-refractivity contribution in [1.82, 2.24) is 15.5 Å². The van der Waals surface area contributed by atoms with Crippen molar-refractivity contribution in [2.45, 2.75) is 13.0 Å². The lowest BCUT2D eigenvalue weighted by Gasteiger charge is -2.38. The quantitative estimate of drug-likeness (QED) is 0.608. The molecule has 9 heteroatoms. The summed E-state index contributed by atoms with van der Waals surface area (Å²) in [4.78, 5) is 29.9. The second-order valence-corrected chi connectivity index (χ2v) is 8.16. The summed E-state index contributed by atoms with van der Waals surface area (Å²) in [6.45, 7) is 5.48. The van der Waals surface area contributed by atoms with Gasteiger partial charge in [0, 0.05) is 44.1 Å². The molecule has 1 fully saturated rings. The van der Waals surface area contributed by atoms with Gasteiger partial charge in [0.2, 0.25) is 0 Å². The first-order valence-electron chi connectivity index (χ1n) is 11.3. The molecule has 0 saturated carbocycles. The van der Waals surface area contributed by atoms with Crippen LogP contribution in [0.25, 0.3) is 0 Å². The molecule has 0 unspecified atom stereocenters. The van der Waals surface area contributed by atoms with Crippen LogP contribution in [-0.4, -0.2) is 63.3 Å². The van der Waals surface area contributed by atoms with Crippen LogP contribution in [0.5, 0.6) is 5.75 Å². The van der Waals surface area contributed by atoms with Crippen molar-refractivity contribution in [2.24, 2.45) is 0 Å². The highest BCUT2D eigenvalue weighted by Crippen LogP contribution is 2.29. The number of carbonyl (C=O) groups is 2. The number of methoxy groups -OCH3 is 1. The van der Waals surface area contributed by atoms with Gasteiger partial charge in [0.15, 0.2) is 0 Å². The number of urea groups is 1. The zero-order valence-corrected chi connectivity index (χ0v) is 19.3. The minimum atomic E-state index is -0.719. The molecule has 2 heterocycles. The number of rotatable bonds is 7. The molecule has 4 rings (SSSR count). The second-order valence-electron chi connectivity index (χ2n) is 8.16. The van der Waals surface area contributed by atoms with E-state index in [2.05, 4.69) is 20.4 Å². The SMILES string of the molecule is CCOC(=O)C1=C(CN2CCN(c3ccc(OC)cc3)CC2)NC(=O)N[C@H]1c1ccc(F)cc1. The van der Waals surface area contributed by atoms with Gasteiger partial charge in [0.05, 0.1) is 25.3 Å². The minimum absolute atomic E-state index is 0.209. The van der Waals surface area contributed by atoms with E-state index in [0.29, 0.717) is 23.4 Å². The Bertz CT molecular complexity index is 1050. The monoisotopic (exact) mass is 468 g/mol. The van der Waals surface area contributed by atoms with Gasteiger partial charge < -0.3 is 25.0 Å². The van der Waals surface area contributed by atoms with Crippen LogP contribution in [0.3, 0.4) is 0 Å². The number of benzene rings is 2. The molecule has 2 amide bonds. The number of amides is 2. The highest BCUT2D eigenvalue weighted by molar-refractivity contribution is 5.95. The fraction of sp³-hybridized carbons (Fsp3) is 0.360. The molecule has 2 aromatic rings. The molecule has 34 heavy (non-hydrogen) atoms. The molecule has 0 radical (unpaired) electrons. The Kier molecular flexibility index (Phi) is 7.32. The van der Waals surface area contributed by atoms with E-state index >= 15 is 0 Å². The van der Waals surface area contributed by atoms with Crippen LogP contribution in [0.15, 0.2) is 59.8 Å². The van der Waals surface area contributed by atoms with Crippen LogP contribution >= 0.6 is 0 Å². The Hall–Kier alpha value is -3.59. The summed E-state index contributed by atoms with van der Waals surface area (Å²) in [6.07, 6.45) is 0. The average molecular weight is 469 g/mol. The topological polar surface area (TPSA) is 83.1 Å². The van der Waals surface area contributed by atoms with Crippen LogP contribution in [0.4, 0.5) is 14.9 Å². The van der Waals surface area contributed by atoms with Gasteiger partial charge >= 0.3 is 12.0 Å². The molecule has 2 aliphatic heterocycles. The van der Waals surface area contributed by atoms with Gasteiger partial charge in [-0.1, -0.05) is 12.1 Å². The standard InChI is InChI=1S/C25H29FN4O4/c1-3-34-24(31)22-21(27-25(32)28-23(22)17-4-6-18(26)7-5-17)16-29-12-14-30(15-13-29)19-8-10-20(33-2)11-9-19/h4-11,23H,3,12-16H2,1-2H3,(H2,27,28,32)/t23-/m0/s1. The first kappa shape index (κ1) is 23.6. The normalized spacial score (nSPS) is 18.9. The highest BCUT2D eigenvalue weighted by atomic mass is 19.1. The Morgan fingerprint density at radius 2 is 1.74 bits per heavy atom. The maximum atomic E-state index is 13.5. The van der Waals surface area contributed by atoms with Crippen molar-refractivity contribution in [3.63, 3.8) is 0 Å². The average Bonchev–Trinajstić information content (AvgIpc) is 2.85. The maximum Gasteiger partial charge on any atom is 0.338 e. The Balaban J connectivity index is 1.52. The summed E-state index contributed by atoms with van der Waals surface area (Å²) >= 11 is 0. The lowest BCUT2D eigenvalue weighted by atomic mass is 9.95. The van der Waals surface area contributed by atoms with Crippen LogP contribution < -0.4 is 20.3 Å². The molecule has 0 bridgehead atoms. The van der Waals surface area contributed by atoms with E-state index in [-0.39, 0.29) is 12.4 Å². The molecule has 2 aliphatic rings. The third kappa shape index (κ3) is 5.31. The molecule has 0 spiro atoms. The van der Waals surface area contributed by atoms with Gasteiger partial charge in [0.25, 0.3) is 0 Å². The van der Waals surface area contributed by atoms with E-state index in [0.717, 1.165) is 37.6 Å². The Labute approximate surface area is 198 Å². The summed E-state index contributed by atoms with van der Waals surface area (Å²) in [5.74, 6) is -0.0741. The first-order valence-corrected chi connectivity index (χ1v) is 11.3. The number of nitrogens with one attached hydrogen (secondary N) is 2. The molecule has 1 saturated heterocycles. The van der Waals surface area contributed by atoms with Crippen molar-refractivity contribution >= 4 is 17.7 Å². The van der Waals surface area contributed by atoms with Crippen LogP contribution in [-0.2, 0) is 9.53 Å². The number of ether oxygens (including phenoxy) is 2.